The van der Waals surface area contributed by atoms with E-state index in [-0.39, 0.29) is 11.6 Å². The van der Waals surface area contributed by atoms with E-state index in [1.807, 2.05) is 25.1 Å². The topological polar surface area (TPSA) is 65.6 Å². The van der Waals surface area contributed by atoms with E-state index in [4.69, 9.17) is 11.6 Å². The van der Waals surface area contributed by atoms with Crippen LogP contribution in [0.4, 0.5) is 27.5 Å². The molecule has 3 N–H and O–H groups in total. The van der Waals surface area contributed by atoms with Gasteiger partial charge in [0.05, 0.1) is 5.69 Å². The molecule has 2 heterocycles. The van der Waals surface area contributed by atoms with Gasteiger partial charge in [-0.1, -0.05) is 11.6 Å². The summed E-state index contributed by atoms with van der Waals surface area (Å²) in [6.45, 7) is 2.02. The van der Waals surface area contributed by atoms with Gasteiger partial charge in [-0.05, 0) is 55.5 Å². The molecule has 4 rings (SSSR count). The molecular formula is C19H15ClFN5. The van der Waals surface area contributed by atoms with E-state index in [0.29, 0.717) is 10.8 Å². The van der Waals surface area contributed by atoms with Crippen LogP contribution < -0.4 is 10.6 Å². The molecule has 0 radical (unpaired) electrons. The van der Waals surface area contributed by atoms with Crippen molar-refractivity contribution in [3.05, 3.63) is 71.3 Å². The maximum Gasteiger partial charge on any atom is 0.229 e. The summed E-state index contributed by atoms with van der Waals surface area (Å²) < 4.78 is 13.9. The number of nitrogens with one attached hydrogen (secondary N) is 3. The third kappa shape index (κ3) is 3.45. The lowest BCUT2D eigenvalue weighted by Crippen LogP contribution is -2.01. The minimum Gasteiger partial charge on any atom is -0.359 e. The number of hydrogen-bond acceptors (Lipinski definition) is 4. The molecule has 0 aliphatic rings. The Morgan fingerprint density at radius 3 is 2.77 bits per heavy atom. The Morgan fingerprint density at radius 1 is 1.04 bits per heavy atom. The van der Waals surface area contributed by atoms with Crippen LogP contribution in [0.3, 0.4) is 0 Å². The van der Waals surface area contributed by atoms with Crippen LogP contribution in [-0.2, 0) is 0 Å². The fourth-order valence-corrected chi connectivity index (χ4v) is 2.86. The first-order chi connectivity index (χ1) is 12.6. The van der Waals surface area contributed by atoms with Crippen molar-refractivity contribution in [2.45, 2.75) is 6.92 Å². The quantitative estimate of drug-likeness (QED) is 0.442. The summed E-state index contributed by atoms with van der Waals surface area (Å²) in [7, 11) is 0. The number of anilines is 4. The van der Waals surface area contributed by atoms with E-state index in [0.717, 1.165) is 22.3 Å². The van der Waals surface area contributed by atoms with Gasteiger partial charge in [-0.3, -0.25) is 0 Å². The highest BCUT2D eigenvalue weighted by Gasteiger charge is 2.06. The maximum absolute atomic E-state index is 13.9. The first-order valence-corrected chi connectivity index (χ1v) is 8.36. The number of benzene rings is 2. The van der Waals surface area contributed by atoms with Gasteiger partial charge in [-0.15, -0.1) is 0 Å². The molecule has 0 saturated heterocycles. The molecule has 2 aromatic heterocycles. The lowest BCUT2D eigenvalue weighted by molar-refractivity contribution is 0.631. The summed E-state index contributed by atoms with van der Waals surface area (Å²) in [5, 5.41) is 7.54. The molecule has 0 saturated carbocycles. The summed E-state index contributed by atoms with van der Waals surface area (Å²) in [5.41, 5.74) is 3.35. The number of aryl methyl sites for hydroxylation is 1. The highest BCUT2D eigenvalue weighted by molar-refractivity contribution is 6.30. The molecule has 0 spiro atoms. The monoisotopic (exact) mass is 367 g/mol. The number of aromatic nitrogens is 3. The molecule has 0 amide bonds. The number of H-pyrrole nitrogens is 1. The Morgan fingerprint density at radius 2 is 1.92 bits per heavy atom. The van der Waals surface area contributed by atoms with Crippen LogP contribution in [0.5, 0.6) is 0 Å². The number of aromatic amines is 1. The molecule has 26 heavy (non-hydrogen) atoms. The van der Waals surface area contributed by atoms with Crippen LogP contribution in [0, 0.1) is 12.7 Å². The summed E-state index contributed by atoms with van der Waals surface area (Å²) in [6, 6.07) is 14.2. The second-order valence-corrected chi connectivity index (χ2v) is 6.33. The predicted octanol–water partition coefficient (Wildman–Crippen LogP) is 5.55. The fraction of sp³-hybridized carbons (Fsp3) is 0.0526. The van der Waals surface area contributed by atoms with Crippen LogP contribution in [0.1, 0.15) is 5.69 Å². The zero-order chi connectivity index (χ0) is 18.1. The van der Waals surface area contributed by atoms with Crippen LogP contribution in [0.2, 0.25) is 5.02 Å². The molecule has 130 valence electrons. The predicted molar refractivity (Wildman–Crippen MR) is 103 cm³/mol. The molecule has 0 atom stereocenters. The van der Waals surface area contributed by atoms with Gasteiger partial charge in [-0.25, -0.2) is 9.37 Å². The van der Waals surface area contributed by atoms with E-state index in [1.165, 1.54) is 6.07 Å². The van der Waals surface area contributed by atoms with Crippen molar-refractivity contribution >= 4 is 45.6 Å². The summed E-state index contributed by atoms with van der Waals surface area (Å²) >= 11 is 5.77. The van der Waals surface area contributed by atoms with Gasteiger partial charge in [-0.2, -0.15) is 4.98 Å². The lowest BCUT2D eigenvalue weighted by Gasteiger charge is -2.09. The third-order valence-corrected chi connectivity index (χ3v) is 4.10. The van der Waals surface area contributed by atoms with Crippen molar-refractivity contribution < 1.29 is 4.39 Å². The zero-order valence-electron chi connectivity index (χ0n) is 13.8. The van der Waals surface area contributed by atoms with Gasteiger partial charge in [0.1, 0.15) is 11.6 Å². The highest BCUT2D eigenvalue weighted by Crippen LogP contribution is 2.24. The molecule has 0 fully saturated rings. The zero-order valence-corrected chi connectivity index (χ0v) is 14.6. The number of nitrogens with zero attached hydrogens (tertiary/aromatic N) is 2. The Bertz CT molecular complexity index is 1090. The molecular weight excluding hydrogens is 353 g/mol. The first-order valence-electron chi connectivity index (χ1n) is 7.98. The minimum absolute atomic E-state index is 0.260. The molecule has 0 aliphatic heterocycles. The second kappa shape index (κ2) is 6.65. The van der Waals surface area contributed by atoms with E-state index < -0.39 is 5.82 Å². The lowest BCUT2D eigenvalue weighted by atomic mass is 10.2. The summed E-state index contributed by atoms with van der Waals surface area (Å²) in [5.74, 6) is 0.422. The number of fused-ring (bicyclic) bond motifs is 1. The van der Waals surface area contributed by atoms with Gasteiger partial charge >= 0.3 is 0 Å². The Hall–Kier alpha value is -3.12. The summed E-state index contributed by atoms with van der Waals surface area (Å²) in [6.07, 6.45) is 1.60. The van der Waals surface area contributed by atoms with Crippen molar-refractivity contribution in [3.8, 4) is 0 Å². The van der Waals surface area contributed by atoms with Crippen molar-refractivity contribution in [3.63, 3.8) is 0 Å². The Kier molecular flexibility index (Phi) is 4.18. The smallest absolute Gasteiger partial charge is 0.229 e. The van der Waals surface area contributed by atoms with Crippen LogP contribution in [0.15, 0.2) is 54.7 Å². The normalized spacial score (nSPS) is 10.9. The van der Waals surface area contributed by atoms with E-state index in [1.54, 1.807) is 24.4 Å². The molecule has 7 heteroatoms. The van der Waals surface area contributed by atoms with E-state index in [9.17, 15) is 4.39 Å². The van der Waals surface area contributed by atoms with Gasteiger partial charge in [0, 0.05) is 33.5 Å². The van der Waals surface area contributed by atoms with Crippen molar-refractivity contribution in [2.75, 3.05) is 10.6 Å². The number of halogens is 2. The number of rotatable bonds is 4. The second-order valence-electron chi connectivity index (χ2n) is 5.89. The molecule has 2 aromatic carbocycles. The minimum atomic E-state index is -0.465. The molecule has 0 unspecified atom stereocenters. The Labute approximate surface area is 154 Å². The standard InChI is InChI=1S/C19H15ClFN5/c1-11-8-12-9-14(3-5-16(12)23-11)24-18-6-7-22-19(26-18)25-17-4-2-13(20)10-15(17)21/h2-10,23H,1H3,(H2,22,24,25,26). The fourth-order valence-electron chi connectivity index (χ4n) is 2.70. The molecule has 4 aromatic rings. The van der Waals surface area contributed by atoms with E-state index in [2.05, 4.69) is 31.7 Å². The first kappa shape index (κ1) is 16.4. The van der Waals surface area contributed by atoms with Crippen molar-refractivity contribution in [1.82, 2.24) is 15.0 Å². The van der Waals surface area contributed by atoms with Crippen molar-refractivity contribution in [1.29, 1.82) is 0 Å². The van der Waals surface area contributed by atoms with Crippen molar-refractivity contribution in [2.24, 2.45) is 0 Å². The highest BCUT2D eigenvalue weighted by atomic mass is 35.5. The molecule has 0 aliphatic carbocycles. The molecule has 5 nitrogen and oxygen atoms in total. The maximum atomic E-state index is 13.9. The van der Waals surface area contributed by atoms with Gasteiger partial charge in [0.25, 0.3) is 0 Å². The average molecular weight is 368 g/mol. The van der Waals surface area contributed by atoms with Crippen LogP contribution in [0.25, 0.3) is 10.9 Å². The van der Waals surface area contributed by atoms with Gasteiger partial charge in [0.2, 0.25) is 5.95 Å². The Balaban J connectivity index is 1.56. The van der Waals surface area contributed by atoms with Crippen LogP contribution in [-0.4, -0.2) is 15.0 Å². The largest absolute Gasteiger partial charge is 0.359 e. The average Bonchev–Trinajstić information content (AvgIpc) is 2.97. The number of hydrogen-bond donors (Lipinski definition) is 3. The summed E-state index contributed by atoms with van der Waals surface area (Å²) in [4.78, 5) is 11.8. The van der Waals surface area contributed by atoms with E-state index >= 15 is 0 Å². The molecule has 0 bridgehead atoms. The van der Waals surface area contributed by atoms with Gasteiger partial charge < -0.3 is 15.6 Å². The van der Waals surface area contributed by atoms with Gasteiger partial charge in [0.15, 0.2) is 0 Å². The third-order valence-electron chi connectivity index (χ3n) is 3.86. The SMILES string of the molecule is Cc1cc2cc(Nc3ccnc(Nc4ccc(Cl)cc4F)n3)ccc2[nH]1. The van der Waals surface area contributed by atoms with Crippen LogP contribution >= 0.6 is 11.6 Å².